The van der Waals surface area contributed by atoms with Crippen LogP contribution in [-0.4, -0.2) is 45.2 Å². The van der Waals surface area contributed by atoms with Crippen LogP contribution in [0.4, 0.5) is 0 Å². The Hall–Kier alpha value is -0.610. The summed E-state index contributed by atoms with van der Waals surface area (Å²) < 4.78 is 0. The monoisotopic (exact) mass is 309 g/mol. The second-order valence-electron chi connectivity index (χ2n) is 6.26. The summed E-state index contributed by atoms with van der Waals surface area (Å²) in [7, 11) is 6.29. The molecule has 118 valence electrons. The second kappa shape index (κ2) is 7.59. The Labute approximate surface area is 134 Å². The van der Waals surface area contributed by atoms with Crippen molar-refractivity contribution in [2.45, 2.75) is 37.3 Å². The largest absolute Gasteiger partial charge is 0.311 e. The number of nitrogens with zero attached hydrogens (tertiary/aromatic N) is 1. The predicted octanol–water partition coefficient (Wildman–Crippen LogP) is 2.85. The van der Waals surface area contributed by atoms with Crippen molar-refractivity contribution in [2.24, 2.45) is 0 Å². The van der Waals surface area contributed by atoms with Crippen molar-refractivity contribution in [3.05, 3.63) is 34.9 Å². The van der Waals surface area contributed by atoms with Gasteiger partial charge in [0, 0.05) is 24.2 Å². The first kappa shape index (κ1) is 16.8. The van der Waals surface area contributed by atoms with E-state index in [0.717, 1.165) is 24.5 Å². The maximum atomic E-state index is 6.50. The molecule has 0 amide bonds. The molecule has 1 aromatic carbocycles. The van der Waals surface area contributed by atoms with Crippen LogP contribution in [0.5, 0.6) is 0 Å². The van der Waals surface area contributed by atoms with Gasteiger partial charge in [-0.25, -0.2) is 0 Å². The van der Waals surface area contributed by atoms with E-state index in [1.165, 1.54) is 24.8 Å². The zero-order valence-electron chi connectivity index (χ0n) is 13.5. The van der Waals surface area contributed by atoms with Gasteiger partial charge in [-0.2, -0.15) is 0 Å². The molecule has 0 bridgehead atoms. The number of rotatable bonds is 6. The Morgan fingerprint density at radius 2 is 2.05 bits per heavy atom. The van der Waals surface area contributed by atoms with Crippen LogP contribution in [-0.2, 0) is 5.54 Å². The second-order valence-corrected chi connectivity index (χ2v) is 6.66. The first-order chi connectivity index (χ1) is 10.1. The van der Waals surface area contributed by atoms with Crippen molar-refractivity contribution in [3.8, 4) is 0 Å². The van der Waals surface area contributed by atoms with E-state index in [-0.39, 0.29) is 5.54 Å². The van der Waals surface area contributed by atoms with E-state index in [9.17, 15) is 0 Å². The fourth-order valence-corrected chi connectivity index (χ4v) is 3.80. The minimum Gasteiger partial charge on any atom is -0.311 e. The van der Waals surface area contributed by atoms with E-state index in [1.807, 2.05) is 12.1 Å². The van der Waals surface area contributed by atoms with Crippen molar-refractivity contribution in [1.82, 2.24) is 15.5 Å². The van der Waals surface area contributed by atoms with Gasteiger partial charge in [0.2, 0.25) is 0 Å². The molecule has 4 heteroatoms. The van der Waals surface area contributed by atoms with Gasteiger partial charge in [0.25, 0.3) is 0 Å². The van der Waals surface area contributed by atoms with Gasteiger partial charge in [0.1, 0.15) is 0 Å². The summed E-state index contributed by atoms with van der Waals surface area (Å²) in [5, 5.41) is 8.23. The molecule has 0 unspecified atom stereocenters. The molecule has 0 aromatic heterocycles. The van der Waals surface area contributed by atoms with Gasteiger partial charge in [0.15, 0.2) is 0 Å². The van der Waals surface area contributed by atoms with Crippen LogP contribution in [0.1, 0.15) is 31.2 Å². The Bertz CT molecular complexity index is 449. The van der Waals surface area contributed by atoms with Crippen LogP contribution in [0.3, 0.4) is 0 Å². The minimum absolute atomic E-state index is 0.0527. The van der Waals surface area contributed by atoms with Crippen molar-refractivity contribution in [3.63, 3.8) is 0 Å². The number of halogens is 1. The van der Waals surface area contributed by atoms with Crippen LogP contribution in [0.2, 0.25) is 5.02 Å². The van der Waals surface area contributed by atoms with Gasteiger partial charge in [-0.3, -0.25) is 0 Å². The Balaban J connectivity index is 2.22. The van der Waals surface area contributed by atoms with E-state index in [4.69, 9.17) is 11.6 Å². The fourth-order valence-electron chi connectivity index (χ4n) is 3.49. The van der Waals surface area contributed by atoms with Crippen molar-refractivity contribution < 1.29 is 0 Å². The number of benzene rings is 1. The average Bonchev–Trinajstić information content (AvgIpc) is 2.48. The van der Waals surface area contributed by atoms with Crippen LogP contribution in [0.25, 0.3) is 0 Å². The Morgan fingerprint density at radius 1 is 1.29 bits per heavy atom. The normalized spacial score (nSPS) is 26.2. The maximum absolute atomic E-state index is 6.50. The summed E-state index contributed by atoms with van der Waals surface area (Å²) in [6, 6.07) is 8.70. The molecule has 0 aliphatic heterocycles. The highest BCUT2D eigenvalue weighted by Crippen LogP contribution is 2.40. The van der Waals surface area contributed by atoms with Crippen LogP contribution in [0, 0.1) is 0 Å². The molecule has 0 saturated heterocycles. The van der Waals surface area contributed by atoms with Crippen molar-refractivity contribution in [1.29, 1.82) is 0 Å². The molecule has 2 atom stereocenters. The average molecular weight is 310 g/mol. The van der Waals surface area contributed by atoms with E-state index < -0.39 is 0 Å². The SMILES string of the molecule is CN[C@]1(c2ccccc2Cl)CCCC[C@@H]1NCCN(C)C. The highest BCUT2D eigenvalue weighted by atomic mass is 35.5. The van der Waals surface area contributed by atoms with Gasteiger partial charge >= 0.3 is 0 Å². The van der Waals surface area contributed by atoms with E-state index in [1.54, 1.807) is 0 Å². The minimum atomic E-state index is -0.0527. The first-order valence-corrected chi connectivity index (χ1v) is 8.30. The molecule has 21 heavy (non-hydrogen) atoms. The molecule has 0 heterocycles. The summed E-state index contributed by atoms with van der Waals surface area (Å²) in [5.41, 5.74) is 1.18. The van der Waals surface area contributed by atoms with E-state index >= 15 is 0 Å². The number of hydrogen-bond donors (Lipinski definition) is 2. The third kappa shape index (κ3) is 3.78. The van der Waals surface area contributed by atoms with Gasteiger partial charge in [-0.15, -0.1) is 0 Å². The molecule has 0 radical (unpaired) electrons. The van der Waals surface area contributed by atoms with Gasteiger partial charge < -0.3 is 15.5 Å². The standard InChI is InChI=1S/C17H28ClN3/c1-19-17(14-8-4-5-9-15(14)18)11-7-6-10-16(17)20-12-13-21(2)3/h4-5,8-9,16,19-20H,6-7,10-13H2,1-3H3/t16-,17-/m0/s1. The molecular formula is C17H28ClN3. The lowest BCUT2D eigenvalue weighted by atomic mass is 9.72. The highest BCUT2D eigenvalue weighted by Gasteiger charge is 2.41. The highest BCUT2D eigenvalue weighted by molar-refractivity contribution is 6.31. The van der Waals surface area contributed by atoms with Crippen LogP contribution in [0.15, 0.2) is 24.3 Å². The molecule has 2 rings (SSSR count). The molecular weight excluding hydrogens is 282 g/mol. The number of likely N-dealkylation sites (N-methyl/N-ethyl adjacent to an activating group) is 2. The zero-order valence-corrected chi connectivity index (χ0v) is 14.2. The summed E-state index contributed by atoms with van der Waals surface area (Å²) in [6.07, 6.45) is 4.86. The molecule has 1 saturated carbocycles. The summed E-state index contributed by atoms with van der Waals surface area (Å²) >= 11 is 6.50. The van der Waals surface area contributed by atoms with E-state index in [0.29, 0.717) is 6.04 Å². The Morgan fingerprint density at radius 3 is 2.71 bits per heavy atom. The maximum Gasteiger partial charge on any atom is 0.0602 e. The third-order valence-electron chi connectivity index (χ3n) is 4.66. The summed E-state index contributed by atoms with van der Waals surface area (Å²) in [5.74, 6) is 0. The number of hydrogen-bond acceptors (Lipinski definition) is 3. The lowest BCUT2D eigenvalue weighted by Gasteiger charge is -2.45. The van der Waals surface area contributed by atoms with Gasteiger partial charge in [-0.05, 0) is 45.6 Å². The quantitative estimate of drug-likeness (QED) is 0.846. The lowest BCUT2D eigenvalue weighted by Crippen LogP contribution is -2.58. The molecule has 3 nitrogen and oxygen atoms in total. The van der Waals surface area contributed by atoms with Gasteiger partial charge in [0.05, 0.1) is 5.54 Å². The lowest BCUT2D eigenvalue weighted by molar-refractivity contribution is 0.175. The Kier molecular flexibility index (Phi) is 6.06. The van der Waals surface area contributed by atoms with Crippen molar-refractivity contribution in [2.75, 3.05) is 34.2 Å². The molecule has 2 N–H and O–H groups in total. The topological polar surface area (TPSA) is 27.3 Å². The van der Waals surface area contributed by atoms with Crippen LogP contribution < -0.4 is 10.6 Å². The fraction of sp³-hybridized carbons (Fsp3) is 0.647. The zero-order chi connectivity index (χ0) is 15.3. The number of nitrogens with one attached hydrogen (secondary N) is 2. The molecule has 0 spiro atoms. The molecule has 1 aliphatic carbocycles. The molecule has 1 aliphatic rings. The summed E-state index contributed by atoms with van der Waals surface area (Å²) in [4.78, 5) is 2.21. The summed E-state index contributed by atoms with van der Waals surface area (Å²) in [6.45, 7) is 2.06. The van der Waals surface area contributed by atoms with Gasteiger partial charge in [-0.1, -0.05) is 42.6 Å². The van der Waals surface area contributed by atoms with E-state index in [2.05, 4.69) is 48.8 Å². The third-order valence-corrected chi connectivity index (χ3v) is 4.99. The van der Waals surface area contributed by atoms with Crippen molar-refractivity contribution >= 4 is 11.6 Å². The molecule has 1 fully saturated rings. The predicted molar refractivity (Wildman–Crippen MR) is 91.0 cm³/mol. The molecule has 1 aromatic rings. The first-order valence-electron chi connectivity index (χ1n) is 7.92. The smallest absolute Gasteiger partial charge is 0.0602 e. The van der Waals surface area contributed by atoms with Crippen LogP contribution >= 0.6 is 11.6 Å².